The minimum absolute atomic E-state index is 0. The molecule has 54 valence electrons. The van der Waals surface area contributed by atoms with Crippen molar-refractivity contribution in [3.05, 3.63) is 0 Å². The van der Waals surface area contributed by atoms with Gasteiger partial charge in [-0.15, -0.1) is 0 Å². The molecule has 0 saturated heterocycles. The average molecular weight is 240 g/mol. The van der Waals surface area contributed by atoms with Crippen molar-refractivity contribution in [3.8, 4) is 0 Å². The summed E-state index contributed by atoms with van der Waals surface area (Å²) in [6.45, 7) is 0. The summed E-state index contributed by atoms with van der Waals surface area (Å²) >= 11 is 0. The molecule has 0 N–H and O–H groups in total. The van der Waals surface area contributed by atoms with Crippen LogP contribution < -0.4 is 0 Å². The van der Waals surface area contributed by atoms with Crippen LogP contribution in [0.1, 0.15) is 0 Å². The van der Waals surface area contributed by atoms with Crippen molar-refractivity contribution in [2.24, 2.45) is 0 Å². The molecule has 9 heavy (non-hydrogen) atoms. The van der Waals surface area contributed by atoms with Crippen molar-refractivity contribution in [1.82, 2.24) is 0 Å². The summed E-state index contributed by atoms with van der Waals surface area (Å²) in [7, 11) is -6.09. The van der Waals surface area contributed by atoms with Crippen LogP contribution in [-0.4, -0.2) is 18.5 Å². The van der Waals surface area contributed by atoms with Gasteiger partial charge in [-0.3, -0.25) is 0 Å². The van der Waals surface area contributed by atoms with Gasteiger partial charge in [0.25, 0.3) is 0 Å². The number of halogens is 3. The molecular formula is CF3O3SZr-. The minimum atomic E-state index is -6.09. The van der Waals surface area contributed by atoms with Gasteiger partial charge < -0.3 is 4.55 Å². The monoisotopic (exact) mass is 239 g/mol. The fourth-order valence-electron chi connectivity index (χ4n) is 0. The first-order chi connectivity index (χ1) is 3.25. The summed E-state index contributed by atoms with van der Waals surface area (Å²) in [5.74, 6) is 0. The molecular weight excluding hydrogens is 240 g/mol. The van der Waals surface area contributed by atoms with Gasteiger partial charge in [-0.05, 0) is 0 Å². The molecule has 0 unspecified atom stereocenters. The van der Waals surface area contributed by atoms with E-state index in [1.165, 1.54) is 0 Å². The summed E-state index contributed by atoms with van der Waals surface area (Å²) in [4.78, 5) is 0. The largest absolute Gasteiger partial charge is 0.741 e. The Labute approximate surface area is 68.1 Å². The molecule has 0 heterocycles. The van der Waals surface area contributed by atoms with Gasteiger partial charge in [0.15, 0.2) is 10.1 Å². The maximum absolute atomic E-state index is 10.7. The maximum atomic E-state index is 10.7. The van der Waals surface area contributed by atoms with E-state index >= 15 is 0 Å². The molecule has 0 amide bonds. The molecule has 0 saturated carbocycles. The predicted molar refractivity (Wildman–Crippen MR) is 15.8 cm³/mol. The molecule has 0 bridgehead atoms. The Hall–Kier alpha value is 0.583. The second kappa shape index (κ2) is 3.12. The number of hydrogen-bond acceptors (Lipinski definition) is 3. The Kier molecular flexibility index (Phi) is 4.25. The van der Waals surface area contributed by atoms with Gasteiger partial charge in [-0.2, -0.15) is 13.2 Å². The van der Waals surface area contributed by atoms with E-state index in [-0.39, 0.29) is 26.2 Å². The van der Waals surface area contributed by atoms with Crippen molar-refractivity contribution in [1.29, 1.82) is 0 Å². The first kappa shape index (κ1) is 12.3. The van der Waals surface area contributed by atoms with Crippen LogP contribution in [0.3, 0.4) is 0 Å². The first-order valence-electron chi connectivity index (χ1n) is 1.27. The van der Waals surface area contributed by atoms with Gasteiger partial charge in [-0.25, -0.2) is 8.42 Å². The van der Waals surface area contributed by atoms with E-state index in [1.807, 2.05) is 0 Å². The molecule has 0 aromatic heterocycles. The van der Waals surface area contributed by atoms with Gasteiger partial charge in [0.1, 0.15) is 0 Å². The van der Waals surface area contributed by atoms with Gasteiger partial charge in [0.2, 0.25) is 0 Å². The SMILES string of the molecule is O=S(=O)([O-])C(F)(F)F.[Zr]. The number of hydrogen-bond donors (Lipinski definition) is 0. The number of alkyl halides is 3. The van der Waals surface area contributed by atoms with E-state index in [0.717, 1.165) is 0 Å². The van der Waals surface area contributed by atoms with Gasteiger partial charge in [-0.1, -0.05) is 0 Å². The van der Waals surface area contributed by atoms with Crippen LogP contribution in [-0.2, 0) is 36.3 Å². The van der Waals surface area contributed by atoms with Crippen molar-refractivity contribution >= 4 is 10.1 Å². The Bertz CT molecular complexity index is 168. The average Bonchev–Trinajstić information content (AvgIpc) is 1.25. The van der Waals surface area contributed by atoms with E-state index < -0.39 is 15.6 Å². The third-order valence-corrected chi connectivity index (χ3v) is 0.850. The van der Waals surface area contributed by atoms with Crippen LogP contribution >= 0.6 is 0 Å². The van der Waals surface area contributed by atoms with Crippen molar-refractivity contribution in [2.45, 2.75) is 5.51 Å². The van der Waals surface area contributed by atoms with E-state index in [0.29, 0.717) is 0 Å². The van der Waals surface area contributed by atoms with Gasteiger partial charge >= 0.3 is 5.51 Å². The summed E-state index contributed by atoms with van der Waals surface area (Å²) in [6, 6.07) is 0. The molecule has 8 heteroatoms. The maximum Gasteiger partial charge on any atom is 0.485 e. The Morgan fingerprint density at radius 1 is 1.22 bits per heavy atom. The van der Waals surface area contributed by atoms with Crippen LogP contribution in [0.15, 0.2) is 0 Å². The second-order valence-corrected chi connectivity index (χ2v) is 2.27. The third-order valence-electron chi connectivity index (χ3n) is 0.283. The van der Waals surface area contributed by atoms with E-state index in [1.54, 1.807) is 0 Å². The Balaban J connectivity index is 0. The summed E-state index contributed by atoms with van der Waals surface area (Å²) in [5.41, 5.74) is -5.65. The molecule has 0 radical (unpaired) electrons. The zero-order chi connectivity index (χ0) is 7.00. The molecule has 0 aliphatic rings. The molecule has 3 nitrogen and oxygen atoms in total. The van der Waals surface area contributed by atoms with Crippen LogP contribution in [0, 0.1) is 0 Å². The molecule has 0 aromatic carbocycles. The molecule has 0 aliphatic carbocycles. The van der Waals surface area contributed by atoms with Gasteiger partial charge in [0, 0.05) is 26.2 Å². The molecule has 0 aromatic rings. The van der Waals surface area contributed by atoms with Crippen LogP contribution in [0.5, 0.6) is 0 Å². The summed E-state index contributed by atoms with van der Waals surface area (Å²) < 4.78 is 58.9. The summed E-state index contributed by atoms with van der Waals surface area (Å²) in [6.07, 6.45) is 0. The molecule has 0 rings (SSSR count). The second-order valence-electron chi connectivity index (χ2n) is 0.900. The fraction of sp³-hybridized carbons (Fsp3) is 1.00. The molecule has 0 fully saturated rings. The third kappa shape index (κ3) is 4.05. The van der Waals surface area contributed by atoms with E-state index in [4.69, 9.17) is 13.0 Å². The zero-order valence-corrected chi connectivity index (χ0v) is 7.04. The quantitative estimate of drug-likeness (QED) is 0.444. The standard InChI is InChI=1S/CHF3O3S.Zr/c2-1(3,4)8(5,6)7;/h(H,5,6,7);/p-1. The summed E-state index contributed by atoms with van der Waals surface area (Å²) in [5, 5.41) is 0. The zero-order valence-electron chi connectivity index (χ0n) is 3.77. The smallest absolute Gasteiger partial charge is 0.485 e. The number of rotatable bonds is 0. The Morgan fingerprint density at radius 2 is 1.33 bits per heavy atom. The fourth-order valence-corrected chi connectivity index (χ4v) is 0. The van der Waals surface area contributed by atoms with Crippen molar-refractivity contribution in [3.63, 3.8) is 0 Å². The van der Waals surface area contributed by atoms with E-state index in [9.17, 15) is 13.2 Å². The first-order valence-corrected chi connectivity index (χ1v) is 2.68. The van der Waals surface area contributed by atoms with Gasteiger partial charge in [0.05, 0.1) is 0 Å². The molecule has 0 spiro atoms. The van der Waals surface area contributed by atoms with Crippen LogP contribution in [0.4, 0.5) is 13.2 Å². The minimum Gasteiger partial charge on any atom is -0.741 e. The molecule has 0 aliphatic heterocycles. The Morgan fingerprint density at radius 3 is 1.33 bits per heavy atom. The van der Waals surface area contributed by atoms with E-state index in [2.05, 4.69) is 0 Å². The van der Waals surface area contributed by atoms with Crippen molar-refractivity contribution in [2.75, 3.05) is 0 Å². The predicted octanol–water partition coefficient (Wildman–Crippen LogP) is 0.0489. The molecule has 0 atom stereocenters. The van der Waals surface area contributed by atoms with Crippen LogP contribution in [0.2, 0.25) is 0 Å². The normalized spacial score (nSPS) is 12.4. The van der Waals surface area contributed by atoms with Crippen molar-refractivity contribution < 1.29 is 52.3 Å². The van der Waals surface area contributed by atoms with Crippen LogP contribution in [0.25, 0.3) is 0 Å². The topological polar surface area (TPSA) is 57.2 Å².